The summed E-state index contributed by atoms with van der Waals surface area (Å²) in [6.45, 7) is 0. The van der Waals surface area contributed by atoms with Crippen molar-refractivity contribution in [2.45, 2.75) is 0 Å². The van der Waals surface area contributed by atoms with E-state index in [4.69, 9.17) is 29.9 Å². The lowest BCUT2D eigenvalue weighted by Crippen LogP contribution is -2.17. The molecular formula is C72H44N10. The molecule has 0 aliphatic carbocycles. The fourth-order valence-corrected chi connectivity index (χ4v) is 13.1. The van der Waals surface area contributed by atoms with Crippen molar-refractivity contribution in [1.82, 2.24) is 48.2 Å². The van der Waals surface area contributed by atoms with Gasteiger partial charge in [-0.25, -0.2) is 4.98 Å². The van der Waals surface area contributed by atoms with Gasteiger partial charge in [0, 0.05) is 108 Å². The highest BCUT2D eigenvalue weighted by molar-refractivity contribution is 6.19. The third-order valence-corrected chi connectivity index (χ3v) is 16.4. The number of hydrogen-bond donors (Lipinski definition) is 0. The van der Waals surface area contributed by atoms with Crippen LogP contribution in [0.1, 0.15) is 0 Å². The number of hydrogen-bond acceptors (Lipinski definition) is 6. The topological polar surface area (TPSA) is 97.1 Å². The lowest BCUT2D eigenvalue weighted by molar-refractivity contribution is 1.02. The van der Waals surface area contributed by atoms with Gasteiger partial charge in [-0.3, -0.25) is 24.9 Å². The van der Waals surface area contributed by atoms with Gasteiger partial charge in [0.15, 0.2) is 0 Å². The number of rotatable bonds is 8. The minimum atomic E-state index is 0.816. The van der Waals surface area contributed by atoms with Gasteiger partial charge in [0.1, 0.15) is 0 Å². The number of benzene rings is 7. The first-order valence-electron chi connectivity index (χ1n) is 27.4. The van der Waals surface area contributed by atoms with Gasteiger partial charge < -0.3 is 18.3 Å². The van der Waals surface area contributed by atoms with E-state index >= 15 is 0 Å². The number of fused-ring (bicyclic) bond motifs is 12. The molecule has 10 nitrogen and oxygen atoms in total. The Balaban J connectivity index is 1.26. The molecule has 0 bridgehead atoms. The Morgan fingerprint density at radius 1 is 0.232 bits per heavy atom. The molecule has 10 heteroatoms. The van der Waals surface area contributed by atoms with Crippen LogP contribution < -0.4 is 0 Å². The van der Waals surface area contributed by atoms with Gasteiger partial charge in [0.2, 0.25) is 0 Å². The van der Waals surface area contributed by atoms with Crippen molar-refractivity contribution in [3.8, 4) is 67.5 Å². The van der Waals surface area contributed by atoms with Crippen LogP contribution in [-0.2, 0) is 0 Å². The van der Waals surface area contributed by atoms with Crippen molar-refractivity contribution in [3.05, 3.63) is 268 Å². The molecule has 17 rings (SSSR count). The summed E-state index contributed by atoms with van der Waals surface area (Å²) in [6, 6.07) is 73.4. The van der Waals surface area contributed by atoms with E-state index in [2.05, 4.69) is 225 Å². The predicted molar refractivity (Wildman–Crippen MR) is 332 cm³/mol. The minimum Gasteiger partial charge on any atom is -0.305 e. The molecule has 0 amide bonds. The summed E-state index contributed by atoms with van der Waals surface area (Å²) < 4.78 is 9.87. The second-order valence-corrected chi connectivity index (χ2v) is 20.7. The summed E-state index contributed by atoms with van der Waals surface area (Å²) in [6.07, 6.45) is 19.5. The molecule has 0 radical (unpaired) electrons. The molecule has 382 valence electrons. The quantitative estimate of drug-likeness (QED) is 0.150. The first kappa shape index (κ1) is 45.6. The van der Waals surface area contributed by atoms with Crippen LogP contribution in [0.25, 0.3) is 155 Å². The largest absolute Gasteiger partial charge is 0.305 e. The summed E-state index contributed by atoms with van der Waals surface area (Å²) in [5.41, 5.74) is 18.7. The van der Waals surface area contributed by atoms with Gasteiger partial charge in [-0.15, -0.1) is 0 Å². The molecule has 0 saturated carbocycles. The van der Waals surface area contributed by atoms with E-state index in [0.29, 0.717) is 0 Å². The molecule has 17 aromatic rings. The molecule has 10 heterocycles. The summed E-state index contributed by atoms with van der Waals surface area (Å²) in [4.78, 5) is 30.5. The molecule has 7 aromatic carbocycles. The maximum Gasteiger partial charge on any atom is 0.0976 e. The van der Waals surface area contributed by atoms with Crippen LogP contribution >= 0.6 is 0 Å². The lowest BCUT2D eigenvalue weighted by Gasteiger charge is -2.31. The first-order valence-corrected chi connectivity index (χ1v) is 27.4. The van der Waals surface area contributed by atoms with Crippen LogP contribution in [0.5, 0.6) is 0 Å². The molecule has 0 saturated heterocycles. The fourth-order valence-electron chi connectivity index (χ4n) is 13.1. The molecule has 0 spiro atoms. The second kappa shape index (κ2) is 18.1. The number of nitrogens with zero attached hydrogens (tertiary/aromatic N) is 10. The van der Waals surface area contributed by atoms with Gasteiger partial charge in [-0.05, 0) is 78.4 Å². The molecule has 10 aromatic heterocycles. The van der Waals surface area contributed by atoms with Crippen molar-refractivity contribution in [1.29, 1.82) is 0 Å². The van der Waals surface area contributed by atoms with E-state index in [1.54, 1.807) is 0 Å². The molecule has 0 fully saturated rings. The first-order chi connectivity index (χ1) is 40.8. The van der Waals surface area contributed by atoms with Crippen molar-refractivity contribution in [2.24, 2.45) is 0 Å². The highest BCUT2D eigenvalue weighted by Crippen LogP contribution is 2.55. The zero-order valence-corrected chi connectivity index (χ0v) is 43.9. The summed E-state index contributed by atoms with van der Waals surface area (Å²) in [7, 11) is 0. The van der Waals surface area contributed by atoms with Crippen LogP contribution in [-0.4, -0.2) is 48.2 Å². The molecule has 0 unspecified atom stereocenters. The maximum atomic E-state index is 5.83. The Bertz CT molecular complexity index is 5190. The maximum absolute atomic E-state index is 5.83. The van der Waals surface area contributed by atoms with Crippen molar-refractivity contribution in [3.63, 3.8) is 0 Å². The number of aromatic nitrogens is 10. The predicted octanol–water partition coefficient (Wildman–Crippen LogP) is 17.1. The third kappa shape index (κ3) is 6.63. The standard InChI is InChI=1S/C72H44N10/c1-3-15-45(16-4-1)57-28-27-56(68(78-57)47-17-5-2-6-18-47)67-66(46-29-35-73-36-30-46)69(79-58-23-11-7-19-48(58)52-31-37-74-41-62(52)79)71(81-60-25-13-9-21-50(60)54-33-39-76-43-64(54)81)72(82-61-26-14-10-22-51(61)55-34-40-77-44-65(55)82)70(67)80-59-24-12-8-20-49(59)53-32-38-75-42-63(53)80/h1-44H. The molecule has 0 N–H and O–H groups in total. The minimum absolute atomic E-state index is 0.816. The fraction of sp³-hybridized carbons (Fsp3) is 0. The lowest BCUT2D eigenvalue weighted by atomic mass is 9.86. The van der Waals surface area contributed by atoms with E-state index in [-0.39, 0.29) is 0 Å². The zero-order chi connectivity index (χ0) is 53.8. The normalized spacial score (nSPS) is 11.9. The highest BCUT2D eigenvalue weighted by Gasteiger charge is 2.36. The number of pyridine rings is 6. The van der Waals surface area contributed by atoms with Gasteiger partial charge in [0.05, 0.1) is 103 Å². The molecular weight excluding hydrogens is 1000 g/mol. The van der Waals surface area contributed by atoms with Crippen LogP contribution in [0.2, 0.25) is 0 Å². The average molecular weight is 1050 g/mol. The molecule has 0 atom stereocenters. The zero-order valence-electron chi connectivity index (χ0n) is 43.9. The van der Waals surface area contributed by atoms with E-state index < -0.39 is 0 Å². The van der Waals surface area contributed by atoms with Crippen LogP contribution in [0, 0.1) is 0 Å². The molecule has 82 heavy (non-hydrogen) atoms. The summed E-state index contributed by atoms with van der Waals surface area (Å²) in [5.74, 6) is 0. The van der Waals surface area contributed by atoms with Gasteiger partial charge in [0.25, 0.3) is 0 Å². The van der Waals surface area contributed by atoms with E-state index in [1.165, 1.54) is 0 Å². The SMILES string of the molecule is c1ccc(-c2ccc(-c3c(-c4ccncc4)c(-n4c5ccccc5c5ccncc54)c(-n4c5ccccc5c5ccncc54)c(-n4c5ccccc5c5ccncc54)c3-n3c4ccccc4c4ccncc43)c(-c3ccccc3)n2)cc1. The van der Waals surface area contributed by atoms with Gasteiger partial charge in [-0.2, -0.15) is 0 Å². The summed E-state index contributed by atoms with van der Waals surface area (Å²) in [5, 5.41) is 8.64. The Morgan fingerprint density at radius 2 is 0.573 bits per heavy atom. The second-order valence-electron chi connectivity index (χ2n) is 20.7. The van der Waals surface area contributed by atoms with E-state index in [1.807, 2.05) is 62.0 Å². The number of para-hydroxylation sites is 4. The van der Waals surface area contributed by atoms with Crippen molar-refractivity contribution < 1.29 is 0 Å². The Kier molecular flexibility index (Phi) is 10.1. The Morgan fingerprint density at radius 3 is 1.00 bits per heavy atom. The smallest absolute Gasteiger partial charge is 0.0976 e. The average Bonchev–Trinajstić information content (AvgIpc) is 1.65. The Hall–Kier alpha value is -11.4. The van der Waals surface area contributed by atoms with Crippen LogP contribution in [0.3, 0.4) is 0 Å². The van der Waals surface area contributed by atoms with Crippen LogP contribution in [0.4, 0.5) is 0 Å². The molecule has 0 aliphatic heterocycles. The van der Waals surface area contributed by atoms with Gasteiger partial charge >= 0.3 is 0 Å². The van der Waals surface area contributed by atoms with E-state index in [0.717, 1.165) is 155 Å². The Labute approximate surface area is 468 Å². The van der Waals surface area contributed by atoms with Crippen molar-refractivity contribution in [2.75, 3.05) is 0 Å². The third-order valence-electron chi connectivity index (χ3n) is 16.4. The van der Waals surface area contributed by atoms with Crippen LogP contribution in [0.15, 0.2) is 268 Å². The summed E-state index contributed by atoms with van der Waals surface area (Å²) >= 11 is 0. The highest BCUT2D eigenvalue weighted by atomic mass is 15.2. The van der Waals surface area contributed by atoms with E-state index in [9.17, 15) is 0 Å². The molecule has 0 aliphatic rings. The van der Waals surface area contributed by atoms with Crippen molar-refractivity contribution >= 4 is 87.2 Å². The monoisotopic (exact) mass is 1050 g/mol. The van der Waals surface area contributed by atoms with Gasteiger partial charge in [-0.1, -0.05) is 133 Å².